The van der Waals surface area contributed by atoms with E-state index in [1.165, 1.54) is 36.5 Å². The molecule has 11 N–H and O–H groups in total. The van der Waals surface area contributed by atoms with Gasteiger partial charge in [0.1, 0.15) is 60.5 Å². The first-order chi connectivity index (χ1) is 24.9. The van der Waals surface area contributed by atoms with Crippen molar-refractivity contribution >= 4 is 25.5 Å². The summed E-state index contributed by atoms with van der Waals surface area (Å²) in [5.41, 5.74) is 5.20. The zero-order valence-electron chi connectivity index (χ0n) is 27.0. The van der Waals surface area contributed by atoms with Crippen molar-refractivity contribution in [2.75, 3.05) is 18.9 Å². The Hall–Kier alpha value is -4.30. The smallest absolute Gasteiger partial charge is 0.475 e. The molecule has 290 valence electrons. The molecule has 53 heavy (non-hydrogen) atoms. The highest BCUT2D eigenvalue weighted by molar-refractivity contribution is 7.47. The van der Waals surface area contributed by atoms with E-state index in [9.17, 15) is 64.0 Å². The van der Waals surface area contributed by atoms with Crippen molar-refractivity contribution in [1.82, 2.24) is 29.9 Å². The van der Waals surface area contributed by atoms with Crippen LogP contribution in [0.25, 0.3) is 11.3 Å². The molecule has 25 heteroatoms. The first kappa shape index (κ1) is 39.9. The van der Waals surface area contributed by atoms with E-state index in [2.05, 4.69) is 20.6 Å². The fourth-order valence-electron chi connectivity index (χ4n) is 5.59. The van der Waals surface area contributed by atoms with E-state index < -0.39 is 118 Å². The van der Waals surface area contributed by atoms with Crippen LogP contribution in [0.1, 0.15) is 12.6 Å². The van der Waals surface area contributed by atoms with Crippen LogP contribution in [0.2, 0.25) is 0 Å². The van der Waals surface area contributed by atoms with Crippen molar-refractivity contribution < 1.29 is 77.7 Å². The van der Waals surface area contributed by atoms with Gasteiger partial charge < -0.3 is 61.2 Å². The van der Waals surface area contributed by atoms with Crippen LogP contribution in [0.15, 0.2) is 47.5 Å². The summed E-state index contributed by atoms with van der Waals surface area (Å²) in [6.45, 7) is -2.76. The number of hydrogen-bond acceptors (Lipinski definition) is 18. The number of ether oxygens (including phenoxy) is 2. The molecule has 1 unspecified atom stereocenters. The molecule has 2 fully saturated rings. The van der Waals surface area contributed by atoms with Crippen LogP contribution >= 0.6 is 7.82 Å². The minimum absolute atomic E-state index is 0.154. The second-order valence-corrected chi connectivity index (χ2v) is 13.4. The molecule has 5 rings (SSSR count). The largest absolute Gasteiger partial charge is 0.477 e. The fraction of sp³-hybridized carbons (Fsp3) is 0.500. The Labute approximate surface area is 296 Å². The number of aliphatic carboxylic acids is 1. The summed E-state index contributed by atoms with van der Waals surface area (Å²) in [5, 5.41) is 82.4. The molecule has 2 aliphatic rings. The molecule has 23 nitrogen and oxygen atoms in total. The highest BCUT2D eigenvalue weighted by atomic mass is 31.2. The Bertz CT molecular complexity index is 1890. The van der Waals surface area contributed by atoms with Crippen LogP contribution in [0.4, 0.5) is 10.2 Å². The van der Waals surface area contributed by atoms with Gasteiger partial charge in [0.05, 0.1) is 31.6 Å². The third-order valence-electron chi connectivity index (χ3n) is 8.26. The lowest BCUT2D eigenvalue weighted by Crippen LogP contribution is -2.68. The molecule has 0 saturated carbocycles. The fourth-order valence-corrected chi connectivity index (χ4v) is 6.55. The number of anilines is 1. The monoisotopic (exact) mass is 775 g/mol. The third-order valence-corrected chi connectivity index (χ3v) is 9.26. The number of hydrogen-bond donors (Lipinski definition) is 10. The van der Waals surface area contributed by atoms with Gasteiger partial charge in [-0.05, 0) is 30.3 Å². The van der Waals surface area contributed by atoms with Crippen LogP contribution in [-0.2, 0) is 39.2 Å². The predicted octanol–water partition coefficient (Wildman–Crippen LogP) is -4.19. The Kier molecular flexibility index (Phi) is 12.0. The van der Waals surface area contributed by atoms with Crippen molar-refractivity contribution in [1.29, 1.82) is 0 Å². The lowest BCUT2D eigenvalue weighted by Gasteiger charge is -2.46. The zero-order chi connectivity index (χ0) is 38.8. The number of carbonyl (C=O) groups excluding carboxylic acids is 1. The van der Waals surface area contributed by atoms with Gasteiger partial charge in [-0.15, -0.1) is 5.10 Å². The zero-order valence-corrected chi connectivity index (χ0v) is 27.9. The number of amides is 1. The van der Waals surface area contributed by atoms with Crippen molar-refractivity contribution in [2.45, 2.75) is 73.8 Å². The molecule has 1 aromatic carbocycles. The number of carbonyl (C=O) groups is 2. The highest BCUT2D eigenvalue weighted by Gasteiger charge is 2.59. The summed E-state index contributed by atoms with van der Waals surface area (Å²) in [4.78, 5) is 51.7. The molecule has 2 aliphatic heterocycles. The maximum atomic E-state index is 13.3. The molecule has 4 heterocycles. The van der Waals surface area contributed by atoms with Crippen LogP contribution in [-0.4, -0.2) is 145 Å². The van der Waals surface area contributed by atoms with E-state index in [0.29, 0.717) is 5.56 Å². The number of halogens is 1. The number of nitrogens with two attached hydrogens (primary N) is 1. The minimum Gasteiger partial charge on any atom is -0.477 e. The number of nitrogens with one attached hydrogen (secondary N) is 1. The van der Waals surface area contributed by atoms with Crippen molar-refractivity contribution in [3.63, 3.8) is 0 Å². The summed E-state index contributed by atoms with van der Waals surface area (Å²) < 4.78 is 48.7. The number of carboxylic acids is 1. The van der Waals surface area contributed by atoms with Gasteiger partial charge in [-0.1, -0.05) is 5.21 Å². The Morgan fingerprint density at radius 1 is 1.17 bits per heavy atom. The molecule has 0 radical (unpaired) electrons. The van der Waals surface area contributed by atoms with E-state index in [4.69, 9.17) is 24.3 Å². The first-order valence-electron chi connectivity index (χ1n) is 15.5. The Morgan fingerprint density at radius 2 is 1.87 bits per heavy atom. The van der Waals surface area contributed by atoms with Crippen LogP contribution in [0.5, 0.6) is 0 Å². The number of rotatable bonds is 14. The summed E-state index contributed by atoms with van der Waals surface area (Å²) in [5.74, 6) is -7.03. The molecule has 1 amide bonds. The number of carboxylic acid groups (broad SMARTS) is 1. The number of aliphatic hydroxyl groups excluding tert-OH is 6. The average Bonchev–Trinajstić information content (AvgIpc) is 3.67. The van der Waals surface area contributed by atoms with Gasteiger partial charge in [0.25, 0.3) is 5.79 Å². The molecule has 2 aromatic heterocycles. The number of phosphoric acid groups is 1. The third kappa shape index (κ3) is 8.92. The van der Waals surface area contributed by atoms with E-state index in [0.717, 1.165) is 15.4 Å². The van der Waals surface area contributed by atoms with E-state index >= 15 is 0 Å². The van der Waals surface area contributed by atoms with Gasteiger partial charge in [0, 0.05) is 18.2 Å². The standard InChI is InChI=1S/C28H35FN7O16P/c29-13-3-1-12(2-4-13)14-8-35(34-33-14)9-19(40)32-20-15(38)7-28(26(44)45,51-24(20)21(41)16(39)10-37)52-53(47,48)49-11-17-22(42)23(43)25(50-17)36-6-5-18(30)31-27(36)46/h1-6,8,15-17,20-25,37-39,41-43H,7,9-11H2,(H,32,40)(H,44,45)(H,47,48)(H2,30,31,46)/t15-,16+,17+,20+,21+,22+,23+,24+,25+,28+/m0/s1. The minimum atomic E-state index is -5.63. The topological polar surface area (TPSA) is 354 Å². The molecule has 11 atom stereocenters. The first-order valence-corrected chi connectivity index (χ1v) is 17.0. The summed E-state index contributed by atoms with van der Waals surface area (Å²) >= 11 is 0. The van der Waals surface area contributed by atoms with Crippen molar-refractivity contribution in [3.8, 4) is 11.3 Å². The van der Waals surface area contributed by atoms with Gasteiger partial charge >= 0.3 is 19.5 Å². The maximum absolute atomic E-state index is 13.3. The second kappa shape index (κ2) is 16.0. The quantitative estimate of drug-likeness (QED) is 0.0694. The molecule has 0 aliphatic carbocycles. The van der Waals surface area contributed by atoms with Crippen LogP contribution in [0, 0.1) is 5.82 Å². The van der Waals surface area contributed by atoms with Gasteiger partial charge in [0.2, 0.25) is 5.91 Å². The van der Waals surface area contributed by atoms with Crippen molar-refractivity contribution in [2.24, 2.45) is 0 Å². The average molecular weight is 776 g/mol. The Morgan fingerprint density at radius 3 is 2.51 bits per heavy atom. The molecule has 0 spiro atoms. The summed E-state index contributed by atoms with van der Waals surface area (Å²) in [7, 11) is -5.63. The molecule has 2 saturated heterocycles. The van der Waals surface area contributed by atoms with E-state index in [-0.39, 0.29) is 11.5 Å². The van der Waals surface area contributed by atoms with Crippen LogP contribution in [0.3, 0.4) is 0 Å². The number of aromatic nitrogens is 5. The maximum Gasteiger partial charge on any atom is 0.475 e. The van der Waals surface area contributed by atoms with E-state index in [1.807, 2.05) is 0 Å². The summed E-state index contributed by atoms with van der Waals surface area (Å²) in [6, 6.07) is 4.64. The van der Waals surface area contributed by atoms with Gasteiger partial charge in [-0.3, -0.25) is 13.9 Å². The Balaban J connectivity index is 1.29. The molecular weight excluding hydrogens is 740 g/mol. The summed E-state index contributed by atoms with van der Waals surface area (Å²) in [6.07, 6.45) is -14.1. The van der Waals surface area contributed by atoms with E-state index in [1.54, 1.807) is 0 Å². The normalized spacial score (nSPS) is 29.6. The van der Waals surface area contributed by atoms with Gasteiger partial charge in [-0.2, -0.15) is 4.98 Å². The highest BCUT2D eigenvalue weighted by Crippen LogP contribution is 2.51. The lowest BCUT2D eigenvalue weighted by molar-refractivity contribution is -0.289. The van der Waals surface area contributed by atoms with Crippen LogP contribution < -0.4 is 16.7 Å². The van der Waals surface area contributed by atoms with Gasteiger partial charge in [-0.25, -0.2) is 27.8 Å². The number of nitrogens with zero attached hydrogens (tertiary/aromatic N) is 5. The second-order valence-electron chi connectivity index (χ2n) is 12.0. The molecule has 0 bridgehead atoms. The molecule has 3 aromatic rings. The number of benzene rings is 1. The number of aliphatic hydroxyl groups is 6. The molecular formula is C28H35FN7O16P. The SMILES string of the molecule is Nc1ccn([C@@H]2O[C@H](COP(=O)(O)O[C@@]3(C(=O)O)C[C@H](O)[C@@H](NC(=O)Cn4cc(-c5ccc(F)cc5)nn4)[C@H]([C@H](O)[C@H](O)CO)O3)[C@@H](O)[C@H]2O)c(=O)n1. The predicted molar refractivity (Wildman–Crippen MR) is 168 cm³/mol. The van der Waals surface area contributed by atoms with Crippen molar-refractivity contribution in [3.05, 3.63) is 59.0 Å². The number of nitrogen functional groups attached to an aromatic ring is 1. The number of phosphoric ester groups is 1. The lowest BCUT2D eigenvalue weighted by atomic mass is 9.88. The van der Waals surface area contributed by atoms with Gasteiger partial charge in [0.15, 0.2) is 6.23 Å².